The standard InChI is InChI=1S/C29H49N3O3/c1-3-4-5-6-7-8-9-10-14-17-29(34)32(26(2)27-15-12-11-13-16-27)20-18-28(33)30-19-21-31-22-24-35-25-23-31/h11-13,15-16,26H,3-10,14,17-25H2,1-2H3,(H,30,33). The Bertz CT molecular complexity index is 692. The number of morpholine rings is 1. The van der Waals surface area contributed by atoms with Gasteiger partial charge in [0.05, 0.1) is 19.3 Å². The zero-order valence-corrected chi connectivity index (χ0v) is 22.3. The van der Waals surface area contributed by atoms with Gasteiger partial charge in [-0.25, -0.2) is 0 Å². The molecule has 0 radical (unpaired) electrons. The Labute approximate surface area is 213 Å². The summed E-state index contributed by atoms with van der Waals surface area (Å²) in [5, 5.41) is 3.03. The number of nitrogens with one attached hydrogen (secondary N) is 1. The lowest BCUT2D eigenvalue weighted by Crippen LogP contribution is -2.42. The van der Waals surface area contributed by atoms with Crippen molar-refractivity contribution in [1.29, 1.82) is 0 Å². The molecule has 6 nitrogen and oxygen atoms in total. The Kier molecular flexibility index (Phi) is 15.4. The van der Waals surface area contributed by atoms with E-state index in [0.717, 1.165) is 51.3 Å². The van der Waals surface area contributed by atoms with Crippen molar-refractivity contribution in [3.05, 3.63) is 35.9 Å². The molecule has 0 aliphatic carbocycles. The Morgan fingerprint density at radius 2 is 1.57 bits per heavy atom. The molecular weight excluding hydrogens is 438 g/mol. The van der Waals surface area contributed by atoms with Crippen molar-refractivity contribution in [3.8, 4) is 0 Å². The zero-order valence-electron chi connectivity index (χ0n) is 22.3. The molecule has 1 aliphatic heterocycles. The third-order valence-corrected chi connectivity index (χ3v) is 7.00. The average molecular weight is 488 g/mol. The number of amides is 2. The Hall–Kier alpha value is -1.92. The van der Waals surface area contributed by atoms with E-state index in [1.54, 1.807) is 0 Å². The molecule has 0 aromatic heterocycles. The van der Waals surface area contributed by atoms with Crippen LogP contribution >= 0.6 is 0 Å². The number of benzene rings is 1. The highest BCUT2D eigenvalue weighted by atomic mass is 16.5. The topological polar surface area (TPSA) is 61.9 Å². The van der Waals surface area contributed by atoms with Crippen LogP contribution < -0.4 is 5.32 Å². The third-order valence-electron chi connectivity index (χ3n) is 7.00. The molecule has 1 aromatic carbocycles. The van der Waals surface area contributed by atoms with Gasteiger partial charge in [-0.3, -0.25) is 14.5 Å². The highest BCUT2D eigenvalue weighted by molar-refractivity contribution is 5.79. The first-order valence-corrected chi connectivity index (χ1v) is 14.0. The molecule has 1 fully saturated rings. The molecule has 1 unspecified atom stereocenters. The van der Waals surface area contributed by atoms with Gasteiger partial charge in [0.15, 0.2) is 0 Å². The van der Waals surface area contributed by atoms with Gasteiger partial charge in [-0.2, -0.15) is 0 Å². The molecule has 1 aromatic rings. The van der Waals surface area contributed by atoms with Crippen molar-refractivity contribution >= 4 is 11.8 Å². The summed E-state index contributed by atoms with van der Waals surface area (Å²) in [6.07, 6.45) is 12.0. The summed E-state index contributed by atoms with van der Waals surface area (Å²) < 4.78 is 5.37. The van der Waals surface area contributed by atoms with Gasteiger partial charge < -0.3 is 15.0 Å². The summed E-state index contributed by atoms with van der Waals surface area (Å²) in [5.74, 6) is 0.171. The summed E-state index contributed by atoms with van der Waals surface area (Å²) in [4.78, 5) is 29.9. The van der Waals surface area contributed by atoms with Crippen molar-refractivity contribution in [2.45, 2.75) is 90.5 Å². The SMILES string of the molecule is CCCCCCCCCCCC(=O)N(CCC(=O)NCCN1CCOCC1)C(C)c1ccccc1. The van der Waals surface area contributed by atoms with E-state index in [2.05, 4.69) is 36.2 Å². The number of carbonyl (C=O) groups excluding carboxylic acids is 2. The smallest absolute Gasteiger partial charge is 0.223 e. The molecule has 1 aliphatic rings. The van der Waals surface area contributed by atoms with Crippen LogP contribution in [0.25, 0.3) is 0 Å². The zero-order chi connectivity index (χ0) is 25.1. The number of carbonyl (C=O) groups is 2. The van der Waals surface area contributed by atoms with Gasteiger partial charge in [0.2, 0.25) is 11.8 Å². The first kappa shape index (κ1) is 29.3. The van der Waals surface area contributed by atoms with Crippen molar-refractivity contribution in [1.82, 2.24) is 15.1 Å². The van der Waals surface area contributed by atoms with E-state index in [0.29, 0.717) is 25.9 Å². The predicted octanol–water partition coefficient (Wildman–Crippen LogP) is 5.34. The number of ether oxygens (including phenoxy) is 1. The molecule has 1 atom stereocenters. The fraction of sp³-hybridized carbons (Fsp3) is 0.724. The quantitative estimate of drug-likeness (QED) is 0.284. The van der Waals surface area contributed by atoms with E-state index in [-0.39, 0.29) is 17.9 Å². The summed E-state index contributed by atoms with van der Waals surface area (Å²) in [6, 6.07) is 10.1. The van der Waals surface area contributed by atoms with Crippen LogP contribution in [-0.2, 0) is 14.3 Å². The molecule has 1 heterocycles. The number of nitrogens with zero attached hydrogens (tertiary/aromatic N) is 2. The summed E-state index contributed by atoms with van der Waals surface area (Å²) in [7, 11) is 0. The van der Waals surface area contributed by atoms with E-state index >= 15 is 0 Å². The van der Waals surface area contributed by atoms with E-state index in [4.69, 9.17) is 4.74 Å². The molecular formula is C29H49N3O3. The molecule has 2 rings (SSSR count). The van der Waals surface area contributed by atoms with Crippen LogP contribution in [0.5, 0.6) is 0 Å². The summed E-state index contributed by atoms with van der Waals surface area (Å²) in [5.41, 5.74) is 1.11. The maximum Gasteiger partial charge on any atom is 0.223 e. The van der Waals surface area contributed by atoms with E-state index in [9.17, 15) is 9.59 Å². The van der Waals surface area contributed by atoms with Crippen molar-refractivity contribution in [2.75, 3.05) is 45.9 Å². The first-order chi connectivity index (χ1) is 17.1. The second-order valence-electron chi connectivity index (χ2n) is 9.81. The van der Waals surface area contributed by atoms with Crippen molar-refractivity contribution in [2.24, 2.45) is 0 Å². The number of unbranched alkanes of at least 4 members (excludes halogenated alkanes) is 8. The lowest BCUT2D eigenvalue weighted by molar-refractivity contribution is -0.134. The van der Waals surface area contributed by atoms with Crippen molar-refractivity contribution < 1.29 is 14.3 Å². The second kappa shape index (κ2) is 18.4. The van der Waals surface area contributed by atoms with E-state index < -0.39 is 0 Å². The van der Waals surface area contributed by atoms with Gasteiger partial charge in [0, 0.05) is 45.6 Å². The van der Waals surface area contributed by atoms with Gasteiger partial charge in [-0.05, 0) is 18.9 Å². The molecule has 1 N–H and O–H groups in total. The van der Waals surface area contributed by atoms with Crippen LogP contribution in [0.3, 0.4) is 0 Å². The average Bonchev–Trinajstić information content (AvgIpc) is 2.89. The van der Waals surface area contributed by atoms with Gasteiger partial charge in [-0.15, -0.1) is 0 Å². The molecule has 0 bridgehead atoms. The fourth-order valence-electron chi connectivity index (χ4n) is 4.66. The van der Waals surface area contributed by atoms with E-state index in [1.165, 1.54) is 44.9 Å². The minimum atomic E-state index is -0.0385. The normalized spacial score (nSPS) is 15.0. The van der Waals surface area contributed by atoms with Crippen LogP contribution in [0, 0.1) is 0 Å². The molecule has 0 spiro atoms. The highest BCUT2D eigenvalue weighted by Gasteiger charge is 2.22. The van der Waals surface area contributed by atoms with E-state index in [1.807, 2.05) is 23.1 Å². The molecule has 35 heavy (non-hydrogen) atoms. The molecule has 198 valence electrons. The first-order valence-electron chi connectivity index (χ1n) is 14.0. The van der Waals surface area contributed by atoms with Gasteiger partial charge in [0.1, 0.15) is 0 Å². The van der Waals surface area contributed by atoms with Crippen LogP contribution in [0.1, 0.15) is 96.1 Å². The lowest BCUT2D eigenvalue weighted by atomic mass is 10.0. The number of rotatable bonds is 18. The lowest BCUT2D eigenvalue weighted by Gasteiger charge is -2.30. The summed E-state index contributed by atoms with van der Waals surface area (Å²) >= 11 is 0. The second-order valence-corrected chi connectivity index (χ2v) is 9.81. The van der Waals surface area contributed by atoms with Crippen LogP contribution in [0.15, 0.2) is 30.3 Å². The minimum absolute atomic E-state index is 0.0133. The maximum atomic E-state index is 13.2. The third kappa shape index (κ3) is 12.6. The van der Waals surface area contributed by atoms with Crippen LogP contribution in [-0.4, -0.2) is 67.6 Å². The van der Waals surface area contributed by atoms with Crippen LogP contribution in [0.4, 0.5) is 0 Å². The molecule has 1 saturated heterocycles. The number of hydrogen-bond acceptors (Lipinski definition) is 4. The van der Waals surface area contributed by atoms with Crippen molar-refractivity contribution in [3.63, 3.8) is 0 Å². The summed E-state index contributed by atoms with van der Waals surface area (Å²) in [6.45, 7) is 9.63. The largest absolute Gasteiger partial charge is 0.379 e. The molecule has 0 saturated carbocycles. The molecule has 6 heteroatoms. The van der Waals surface area contributed by atoms with Gasteiger partial charge >= 0.3 is 0 Å². The Morgan fingerprint density at radius 3 is 2.23 bits per heavy atom. The van der Waals surface area contributed by atoms with Gasteiger partial charge in [-0.1, -0.05) is 88.6 Å². The highest BCUT2D eigenvalue weighted by Crippen LogP contribution is 2.22. The Balaban J connectivity index is 1.74. The fourth-order valence-corrected chi connectivity index (χ4v) is 4.66. The minimum Gasteiger partial charge on any atom is -0.379 e. The van der Waals surface area contributed by atoms with Gasteiger partial charge in [0.25, 0.3) is 0 Å². The maximum absolute atomic E-state index is 13.2. The Morgan fingerprint density at radius 1 is 0.943 bits per heavy atom. The predicted molar refractivity (Wildman–Crippen MR) is 143 cm³/mol. The number of hydrogen-bond donors (Lipinski definition) is 1. The monoisotopic (exact) mass is 487 g/mol. The molecule has 2 amide bonds. The van der Waals surface area contributed by atoms with Crippen LogP contribution in [0.2, 0.25) is 0 Å².